The molecule has 43 heavy (non-hydrogen) atoms. The van der Waals surface area contributed by atoms with Gasteiger partial charge in [-0.1, -0.05) is 45.0 Å². The maximum absolute atomic E-state index is 13.7. The summed E-state index contributed by atoms with van der Waals surface area (Å²) in [5, 5.41) is 11.9. The summed E-state index contributed by atoms with van der Waals surface area (Å²) in [6.07, 6.45) is -3.61. The van der Waals surface area contributed by atoms with Gasteiger partial charge < -0.3 is 20.1 Å². The summed E-state index contributed by atoms with van der Waals surface area (Å²) in [5.41, 5.74) is 2.17. The van der Waals surface area contributed by atoms with Gasteiger partial charge in [0.25, 0.3) is 0 Å². The number of carbonyl (C=O) groups is 2. The number of nitrogens with one attached hydrogen (secondary N) is 1. The molecule has 0 saturated carbocycles. The number of hydrogen-bond acceptors (Lipinski definition) is 7. The van der Waals surface area contributed by atoms with Crippen molar-refractivity contribution in [2.75, 3.05) is 24.5 Å². The van der Waals surface area contributed by atoms with Crippen LogP contribution in [0.3, 0.4) is 0 Å². The summed E-state index contributed by atoms with van der Waals surface area (Å²) >= 11 is 0. The van der Waals surface area contributed by atoms with Gasteiger partial charge in [0.1, 0.15) is 17.5 Å². The quantitative estimate of drug-likeness (QED) is 0.384. The van der Waals surface area contributed by atoms with Crippen molar-refractivity contribution in [2.45, 2.75) is 50.0 Å². The number of pyridine rings is 1. The Morgan fingerprint density at radius 2 is 1.65 bits per heavy atom. The fraction of sp³-hybridized carbons (Fsp3) is 0.345. The molecule has 3 aromatic rings. The second-order valence-electron chi connectivity index (χ2n) is 11.0. The van der Waals surface area contributed by atoms with Gasteiger partial charge >= 0.3 is 12.3 Å². The molecule has 230 valence electrons. The van der Waals surface area contributed by atoms with E-state index in [0.29, 0.717) is 5.69 Å². The molecule has 1 atom stereocenters. The van der Waals surface area contributed by atoms with Gasteiger partial charge in [0.15, 0.2) is 0 Å². The zero-order chi connectivity index (χ0) is 31.6. The number of halogens is 3. The molecular weight excluding hydrogens is 589 g/mol. The highest BCUT2D eigenvalue weighted by molar-refractivity contribution is 7.89. The predicted octanol–water partition coefficient (Wildman–Crippen LogP) is 4.17. The van der Waals surface area contributed by atoms with Gasteiger partial charge in [-0.05, 0) is 52.9 Å². The number of benzene rings is 2. The lowest BCUT2D eigenvalue weighted by atomic mass is 9.87. The van der Waals surface area contributed by atoms with Gasteiger partial charge in [0.05, 0.1) is 16.8 Å². The van der Waals surface area contributed by atoms with Crippen molar-refractivity contribution in [1.82, 2.24) is 14.6 Å². The zero-order valence-electron chi connectivity index (χ0n) is 23.6. The van der Waals surface area contributed by atoms with E-state index in [2.05, 4.69) is 35.8 Å². The number of ether oxygens (including phenoxy) is 1. The van der Waals surface area contributed by atoms with E-state index in [-0.39, 0.29) is 42.2 Å². The highest BCUT2D eigenvalue weighted by Gasteiger charge is 2.40. The number of sulfonamides is 1. The number of carboxylic acid groups (broad SMARTS) is 1. The monoisotopic (exact) mass is 620 g/mol. The van der Waals surface area contributed by atoms with Crippen molar-refractivity contribution in [3.63, 3.8) is 0 Å². The topological polar surface area (TPSA) is 129 Å². The Kier molecular flexibility index (Phi) is 9.02. The number of rotatable bonds is 8. The molecule has 0 aliphatic carbocycles. The molecule has 10 nitrogen and oxygen atoms in total. The first-order valence-electron chi connectivity index (χ1n) is 13.2. The lowest BCUT2D eigenvalue weighted by Gasteiger charge is -2.40. The van der Waals surface area contributed by atoms with Crippen LogP contribution in [0.4, 0.5) is 18.9 Å². The normalized spacial score (nSPS) is 16.5. The molecule has 1 saturated heterocycles. The first kappa shape index (κ1) is 31.8. The highest BCUT2D eigenvalue weighted by atomic mass is 32.2. The number of aromatic carboxylic acids is 1. The maximum atomic E-state index is 13.7. The smallest absolute Gasteiger partial charge is 0.477 e. The van der Waals surface area contributed by atoms with E-state index in [1.165, 1.54) is 18.3 Å². The molecule has 2 heterocycles. The van der Waals surface area contributed by atoms with Crippen molar-refractivity contribution in [3.8, 4) is 5.75 Å². The van der Waals surface area contributed by atoms with E-state index in [9.17, 15) is 31.2 Å². The summed E-state index contributed by atoms with van der Waals surface area (Å²) in [4.78, 5) is 30.0. The third-order valence-electron chi connectivity index (χ3n) is 6.92. The maximum Gasteiger partial charge on any atom is 0.573 e. The lowest BCUT2D eigenvalue weighted by Crippen LogP contribution is -2.60. The average molecular weight is 621 g/mol. The summed E-state index contributed by atoms with van der Waals surface area (Å²) in [6.45, 7) is 6.28. The number of nitrogens with zero attached hydrogens (tertiary/aromatic N) is 3. The average Bonchev–Trinajstić information content (AvgIpc) is 2.95. The van der Waals surface area contributed by atoms with Gasteiger partial charge in [-0.25, -0.2) is 18.2 Å². The predicted molar refractivity (Wildman–Crippen MR) is 151 cm³/mol. The van der Waals surface area contributed by atoms with Crippen LogP contribution in [-0.2, 0) is 26.8 Å². The molecule has 1 aliphatic rings. The molecule has 14 heteroatoms. The van der Waals surface area contributed by atoms with Crippen LogP contribution >= 0.6 is 0 Å². The first-order valence-corrected chi connectivity index (χ1v) is 14.7. The van der Waals surface area contributed by atoms with Gasteiger partial charge in [-0.3, -0.25) is 4.79 Å². The van der Waals surface area contributed by atoms with Crippen LogP contribution in [0.5, 0.6) is 5.75 Å². The minimum atomic E-state index is -4.94. The van der Waals surface area contributed by atoms with Crippen LogP contribution in [-0.4, -0.2) is 66.7 Å². The Bertz CT molecular complexity index is 1560. The molecular formula is C29H31F3N4O6S. The molecule has 1 aromatic heterocycles. The van der Waals surface area contributed by atoms with E-state index in [1.54, 1.807) is 4.90 Å². The second kappa shape index (κ2) is 12.2. The number of hydrogen-bond donors (Lipinski definition) is 2. The summed E-state index contributed by atoms with van der Waals surface area (Å²) in [6, 6.07) is 13.0. The Morgan fingerprint density at radius 1 is 1.00 bits per heavy atom. The molecule has 2 N–H and O–H groups in total. The Balaban J connectivity index is 1.58. The summed E-state index contributed by atoms with van der Waals surface area (Å²) in [7, 11) is -4.33. The number of carbonyl (C=O) groups excluding carboxylic acids is 1. The Morgan fingerprint density at radius 3 is 2.19 bits per heavy atom. The van der Waals surface area contributed by atoms with E-state index in [0.717, 1.165) is 39.7 Å². The molecule has 0 bridgehead atoms. The third-order valence-corrected chi connectivity index (χ3v) is 8.84. The molecule has 0 radical (unpaired) electrons. The molecule has 0 spiro atoms. The molecule has 1 aliphatic heterocycles. The van der Waals surface area contributed by atoms with Crippen LogP contribution in [0.2, 0.25) is 0 Å². The fourth-order valence-electron chi connectivity index (χ4n) is 4.58. The van der Waals surface area contributed by atoms with Gasteiger partial charge in [-0.15, -0.1) is 13.2 Å². The van der Waals surface area contributed by atoms with Crippen molar-refractivity contribution >= 4 is 27.6 Å². The molecule has 1 amide bonds. The molecule has 4 rings (SSSR count). The van der Waals surface area contributed by atoms with E-state index in [4.69, 9.17) is 5.11 Å². The third kappa shape index (κ3) is 7.82. The van der Waals surface area contributed by atoms with Crippen molar-refractivity contribution in [1.29, 1.82) is 0 Å². The molecule has 2 aromatic carbocycles. The number of amides is 1. The van der Waals surface area contributed by atoms with E-state index in [1.807, 2.05) is 24.3 Å². The number of carboxylic acids is 1. The minimum Gasteiger partial charge on any atom is -0.477 e. The molecule has 1 fully saturated rings. The van der Waals surface area contributed by atoms with Gasteiger partial charge in [0, 0.05) is 26.2 Å². The minimum absolute atomic E-state index is 0.0587. The van der Waals surface area contributed by atoms with Crippen LogP contribution in [0.25, 0.3) is 0 Å². The van der Waals surface area contributed by atoms with Crippen LogP contribution in [0, 0.1) is 0 Å². The van der Waals surface area contributed by atoms with Gasteiger partial charge in [-0.2, -0.15) is 4.31 Å². The summed E-state index contributed by atoms with van der Waals surface area (Å²) in [5.74, 6) is -2.37. The number of alkyl halides is 3. The number of piperazine rings is 1. The van der Waals surface area contributed by atoms with Crippen LogP contribution in [0.1, 0.15) is 42.4 Å². The van der Waals surface area contributed by atoms with Crippen molar-refractivity contribution < 1.29 is 41.0 Å². The zero-order valence-corrected chi connectivity index (χ0v) is 24.4. The largest absolute Gasteiger partial charge is 0.573 e. The molecule has 0 unspecified atom stereocenters. The number of anilines is 1. The SMILES string of the molecule is CC(C)(C)c1ccc(CNC(=O)[C@H]2CN(c3ccc(C(=O)O)nc3)CCN2S(=O)(=O)c2ccc(OC(F)(F)F)cc2)cc1. The standard InChI is InChI=1S/C29H31F3N4O6S/c1-28(2,3)20-6-4-19(5-7-20)16-34-26(37)25-18-35(21-8-13-24(27(38)39)33-17-21)14-15-36(25)43(40,41)23-11-9-22(10-12-23)42-29(30,31)32/h4-13,17,25H,14-16,18H2,1-3H3,(H,34,37)(H,38,39)/t25-/m1/s1. The van der Waals surface area contributed by atoms with Crippen LogP contribution in [0.15, 0.2) is 71.8 Å². The van der Waals surface area contributed by atoms with Crippen molar-refractivity contribution in [3.05, 3.63) is 83.7 Å². The van der Waals surface area contributed by atoms with Gasteiger partial charge in [0.2, 0.25) is 15.9 Å². The van der Waals surface area contributed by atoms with Crippen LogP contribution < -0.4 is 15.0 Å². The lowest BCUT2D eigenvalue weighted by molar-refractivity contribution is -0.274. The van der Waals surface area contributed by atoms with E-state index >= 15 is 0 Å². The van der Waals surface area contributed by atoms with Crippen molar-refractivity contribution in [2.24, 2.45) is 0 Å². The second-order valence-corrected chi connectivity index (χ2v) is 12.9. The Hall–Kier alpha value is -4.17. The van der Waals surface area contributed by atoms with E-state index < -0.39 is 40.1 Å². The Labute approximate surface area is 247 Å². The summed E-state index contributed by atoms with van der Waals surface area (Å²) < 4.78 is 69.9. The number of aromatic nitrogens is 1. The first-order chi connectivity index (χ1) is 20.0. The fourth-order valence-corrected chi connectivity index (χ4v) is 6.15. The highest BCUT2D eigenvalue weighted by Crippen LogP contribution is 2.28.